The van der Waals surface area contributed by atoms with Crippen molar-refractivity contribution in [3.8, 4) is 11.5 Å². The number of anilines is 1. The molecule has 1 heterocycles. The largest absolute Gasteiger partial charge is 0.497 e. The number of ketones is 1. The van der Waals surface area contributed by atoms with Gasteiger partial charge in [-0.05, 0) is 19.1 Å². The first-order valence-corrected chi connectivity index (χ1v) is 9.22. The van der Waals surface area contributed by atoms with Crippen molar-refractivity contribution in [3.63, 3.8) is 0 Å². The normalized spacial score (nSPS) is 15.9. The molecule has 1 fully saturated rings. The summed E-state index contributed by atoms with van der Waals surface area (Å²) in [6.07, 6.45) is 0.0206. The second-order valence-electron chi connectivity index (χ2n) is 6.84. The molecule has 1 aliphatic rings. The van der Waals surface area contributed by atoms with Gasteiger partial charge in [-0.3, -0.25) is 14.4 Å². The molecule has 29 heavy (non-hydrogen) atoms. The highest BCUT2D eigenvalue weighted by Gasteiger charge is 2.37. The Morgan fingerprint density at radius 2 is 1.79 bits per heavy atom. The number of carbonyl (C=O) groups excluding carboxylic acids is 3. The maximum atomic E-state index is 12.5. The molecule has 0 bridgehead atoms. The van der Waals surface area contributed by atoms with Gasteiger partial charge in [0.1, 0.15) is 11.5 Å². The Hall–Kier alpha value is -3.35. The Morgan fingerprint density at radius 1 is 1.07 bits per heavy atom. The van der Waals surface area contributed by atoms with E-state index in [2.05, 4.69) is 0 Å². The van der Waals surface area contributed by atoms with Crippen LogP contribution in [0, 0.1) is 12.8 Å². The lowest BCUT2D eigenvalue weighted by Crippen LogP contribution is -2.27. The van der Waals surface area contributed by atoms with E-state index >= 15 is 0 Å². The smallest absolute Gasteiger partial charge is 0.311 e. The van der Waals surface area contributed by atoms with Gasteiger partial charge in [0.25, 0.3) is 0 Å². The quantitative estimate of drug-likeness (QED) is 0.528. The van der Waals surface area contributed by atoms with Gasteiger partial charge >= 0.3 is 5.97 Å². The minimum Gasteiger partial charge on any atom is -0.497 e. The van der Waals surface area contributed by atoms with Crippen molar-refractivity contribution in [2.45, 2.75) is 13.3 Å². The third kappa shape index (κ3) is 4.56. The summed E-state index contributed by atoms with van der Waals surface area (Å²) in [5.41, 5.74) is 2.08. The molecule has 0 saturated carbocycles. The van der Waals surface area contributed by atoms with Crippen LogP contribution in [0.1, 0.15) is 22.3 Å². The number of amides is 1. The van der Waals surface area contributed by atoms with E-state index in [4.69, 9.17) is 14.2 Å². The zero-order valence-corrected chi connectivity index (χ0v) is 16.6. The van der Waals surface area contributed by atoms with E-state index in [9.17, 15) is 14.4 Å². The second-order valence-corrected chi connectivity index (χ2v) is 6.84. The minimum atomic E-state index is -0.639. The summed E-state index contributed by atoms with van der Waals surface area (Å²) in [6.45, 7) is 1.74. The molecule has 0 aromatic heterocycles. The molecule has 7 nitrogen and oxygen atoms in total. The minimum absolute atomic E-state index is 0.0206. The van der Waals surface area contributed by atoms with E-state index in [0.29, 0.717) is 22.7 Å². The van der Waals surface area contributed by atoms with Crippen molar-refractivity contribution >= 4 is 23.3 Å². The Bertz CT molecular complexity index is 921. The molecule has 1 saturated heterocycles. The molecule has 1 amide bonds. The molecule has 7 heteroatoms. The van der Waals surface area contributed by atoms with Gasteiger partial charge in [-0.25, -0.2) is 0 Å². The topological polar surface area (TPSA) is 82.1 Å². The first-order valence-electron chi connectivity index (χ1n) is 9.22. The van der Waals surface area contributed by atoms with Crippen LogP contribution >= 0.6 is 0 Å². The Morgan fingerprint density at radius 3 is 2.45 bits per heavy atom. The lowest BCUT2D eigenvalue weighted by atomic mass is 10.1. The number of hydrogen-bond donors (Lipinski definition) is 0. The molecule has 1 aliphatic heterocycles. The lowest BCUT2D eigenvalue weighted by molar-refractivity contribution is -0.147. The molecular formula is C22H23NO6. The molecule has 0 aliphatic carbocycles. The van der Waals surface area contributed by atoms with Gasteiger partial charge < -0.3 is 19.1 Å². The lowest BCUT2D eigenvalue weighted by Gasteiger charge is -2.20. The molecule has 0 N–H and O–H groups in total. The number of nitrogens with zero attached hydrogens (tertiary/aromatic N) is 1. The third-order valence-corrected chi connectivity index (χ3v) is 4.86. The number of aryl methyl sites for hydroxylation is 1. The van der Waals surface area contributed by atoms with Crippen LogP contribution in [0.25, 0.3) is 0 Å². The van der Waals surface area contributed by atoms with Gasteiger partial charge in [-0.15, -0.1) is 0 Å². The van der Waals surface area contributed by atoms with Crippen LogP contribution in [-0.4, -0.2) is 45.0 Å². The Balaban J connectivity index is 1.63. The maximum absolute atomic E-state index is 12.5. The molecule has 2 aromatic rings. The maximum Gasteiger partial charge on any atom is 0.311 e. The van der Waals surface area contributed by atoms with Crippen molar-refractivity contribution in [3.05, 3.63) is 53.6 Å². The van der Waals surface area contributed by atoms with Crippen LogP contribution in [0.3, 0.4) is 0 Å². The molecule has 0 spiro atoms. The summed E-state index contributed by atoms with van der Waals surface area (Å²) in [7, 11) is 3.04. The van der Waals surface area contributed by atoms with E-state index in [1.807, 2.05) is 19.1 Å². The number of esters is 1. The third-order valence-electron chi connectivity index (χ3n) is 4.86. The Kier molecular flexibility index (Phi) is 6.16. The number of Topliss-reactive ketones (excluding diaryl/α,β-unsaturated/α-hetero) is 1. The first kappa shape index (κ1) is 20.4. The summed E-state index contributed by atoms with van der Waals surface area (Å²) in [5.74, 6) is -0.616. The van der Waals surface area contributed by atoms with E-state index < -0.39 is 11.9 Å². The highest BCUT2D eigenvalue weighted by atomic mass is 16.5. The molecule has 0 radical (unpaired) electrons. The van der Waals surface area contributed by atoms with E-state index in [1.165, 1.54) is 12.0 Å². The molecule has 3 rings (SSSR count). The van der Waals surface area contributed by atoms with Gasteiger partial charge in [0.05, 0.1) is 25.8 Å². The number of carbonyl (C=O) groups is 3. The molecule has 1 atom stereocenters. The summed E-state index contributed by atoms with van der Waals surface area (Å²) in [4.78, 5) is 38.6. The average molecular weight is 397 g/mol. The van der Waals surface area contributed by atoms with Crippen LogP contribution in [0.2, 0.25) is 0 Å². The summed E-state index contributed by atoms with van der Waals surface area (Å²) < 4.78 is 15.7. The molecule has 2 aromatic carbocycles. The van der Waals surface area contributed by atoms with Crippen LogP contribution in [0.4, 0.5) is 5.69 Å². The van der Waals surface area contributed by atoms with Gasteiger partial charge in [-0.2, -0.15) is 0 Å². The molecular weight excluding hydrogens is 374 g/mol. The van der Waals surface area contributed by atoms with Gasteiger partial charge in [0.2, 0.25) is 5.91 Å². The average Bonchev–Trinajstić information content (AvgIpc) is 3.13. The van der Waals surface area contributed by atoms with Crippen molar-refractivity contribution in [2.75, 3.05) is 32.3 Å². The Labute approximate surface area is 169 Å². The van der Waals surface area contributed by atoms with Crippen molar-refractivity contribution in [1.82, 2.24) is 0 Å². The number of ether oxygens (including phenoxy) is 3. The predicted octanol–water partition coefficient (Wildman–Crippen LogP) is 2.79. The summed E-state index contributed by atoms with van der Waals surface area (Å²) in [5, 5.41) is 0. The predicted molar refractivity (Wildman–Crippen MR) is 106 cm³/mol. The zero-order valence-electron chi connectivity index (χ0n) is 16.6. The fraction of sp³-hybridized carbons (Fsp3) is 0.318. The fourth-order valence-corrected chi connectivity index (χ4v) is 3.18. The van der Waals surface area contributed by atoms with Crippen LogP contribution in [0.15, 0.2) is 42.5 Å². The highest BCUT2D eigenvalue weighted by Crippen LogP contribution is 2.36. The second kappa shape index (κ2) is 8.77. The monoisotopic (exact) mass is 397 g/mol. The van der Waals surface area contributed by atoms with E-state index in [0.717, 1.165) is 5.56 Å². The number of hydrogen-bond acceptors (Lipinski definition) is 6. The van der Waals surface area contributed by atoms with Gasteiger partial charge in [-0.1, -0.05) is 29.8 Å². The summed E-state index contributed by atoms with van der Waals surface area (Å²) >= 11 is 0. The molecule has 152 valence electrons. The van der Waals surface area contributed by atoms with Gasteiger partial charge in [0.15, 0.2) is 12.4 Å². The van der Waals surface area contributed by atoms with Crippen molar-refractivity contribution < 1.29 is 28.6 Å². The number of benzene rings is 2. The first-order chi connectivity index (χ1) is 13.9. The fourth-order valence-electron chi connectivity index (χ4n) is 3.18. The van der Waals surface area contributed by atoms with E-state index in [-0.39, 0.29) is 31.3 Å². The van der Waals surface area contributed by atoms with Gasteiger partial charge in [0, 0.05) is 24.6 Å². The van der Waals surface area contributed by atoms with E-state index in [1.54, 1.807) is 37.4 Å². The zero-order chi connectivity index (χ0) is 21.0. The number of methoxy groups -OCH3 is 2. The number of rotatable bonds is 7. The highest BCUT2D eigenvalue weighted by molar-refractivity contribution is 6.01. The summed E-state index contributed by atoms with van der Waals surface area (Å²) in [6, 6.07) is 12.1. The van der Waals surface area contributed by atoms with Crippen LogP contribution < -0.4 is 14.4 Å². The SMILES string of the molecule is COc1ccc(N2C[C@@H](C(=O)OCC(=O)c3ccc(C)cc3)CC2=O)c(OC)c1. The van der Waals surface area contributed by atoms with Crippen molar-refractivity contribution in [2.24, 2.45) is 5.92 Å². The molecule has 0 unspecified atom stereocenters. The standard InChI is InChI=1S/C22H23NO6/c1-14-4-6-15(7-5-14)19(24)13-29-22(26)16-10-21(25)23(12-16)18-9-8-17(27-2)11-20(18)28-3/h4-9,11,16H,10,12-13H2,1-3H3/t16-/m0/s1. The van der Waals surface area contributed by atoms with Crippen LogP contribution in [-0.2, 0) is 14.3 Å². The van der Waals surface area contributed by atoms with Crippen LogP contribution in [0.5, 0.6) is 11.5 Å². The van der Waals surface area contributed by atoms with Crippen molar-refractivity contribution in [1.29, 1.82) is 0 Å².